The molecule has 0 unspecified atom stereocenters. The van der Waals surface area contributed by atoms with Gasteiger partial charge in [-0.3, -0.25) is 14.6 Å². The summed E-state index contributed by atoms with van der Waals surface area (Å²) in [7, 11) is 2.97. The second-order valence-corrected chi connectivity index (χ2v) is 8.91. The van der Waals surface area contributed by atoms with E-state index in [4.69, 9.17) is 19.3 Å². The predicted octanol–water partition coefficient (Wildman–Crippen LogP) is 5.13. The van der Waals surface area contributed by atoms with E-state index in [0.29, 0.717) is 29.4 Å². The summed E-state index contributed by atoms with van der Waals surface area (Å²) in [5, 5.41) is 11.8. The molecule has 4 rings (SSSR count). The number of rotatable bonds is 11. The number of amides is 1. The van der Waals surface area contributed by atoms with Gasteiger partial charge in [-0.1, -0.05) is 12.1 Å². The number of allylic oxidation sites excluding steroid dienone is 2. The zero-order valence-electron chi connectivity index (χ0n) is 21.9. The number of aliphatic carboxylic acids is 1. The highest BCUT2D eigenvalue weighted by Crippen LogP contribution is 2.45. The molecular weight excluding hydrogens is 503 g/mol. The number of nitrogens with one attached hydrogen (secondary N) is 1. The van der Waals surface area contributed by atoms with Crippen LogP contribution in [0.4, 0.5) is 4.39 Å². The van der Waals surface area contributed by atoms with Crippen molar-refractivity contribution in [2.24, 2.45) is 0 Å². The summed E-state index contributed by atoms with van der Waals surface area (Å²) in [5.41, 5.74) is 5.52. The molecule has 0 fully saturated rings. The van der Waals surface area contributed by atoms with Gasteiger partial charge in [0.2, 0.25) is 11.7 Å². The number of carboxylic acid groups (broad SMARTS) is 1. The van der Waals surface area contributed by atoms with Crippen molar-refractivity contribution < 1.29 is 33.3 Å². The fourth-order valence-electron chi connectivity index (χ4n) is 4.44. The van der Waals surface area contributed by atoms with Gasteiger partial charge in [0.25, 0.3) is 0 Å². The van der Waals surface area contributed by atoms with Gasteiger partial charge in [-0.05, 0) is 82.3 Å². The summed E-state index contributed by atoms with van der Waals surface area (Å²) in [6, 6.07) is 11.7. The molecule has 0 bridgehead atoms. The molecule has 9 heteroatoms. The molecule has 0 radical (unpaired) electrons. The number of aromatic nitrogens is 1. The van der Waals surface area contributed by atoms with Gasteiger partial charge in [0.15, 0.2) is 11.5 Å². The van der Waals surface area contributed by atoms with Crippen molar-refractivity contribution in [3.8, 4) is 17.2 Å². The number of methoxy groups -OCH3 is 2. The molecule has 3 aromatic rings. The van der Waals surface area contributed by atoms with E-state index in [9.17, 15) is 14.0 Å². The predicted molar refractivity (Wildman–Crippen MR) is 145 cm³/mol. The molecule has 202 valence electrons. The Bertz CT molecular complexity index is 1420. The maximum atomic E-state index is 14.3. The fourth-order valence-corrected chi connectivity index (χ4v) is 4.44. The summed E-state index contributed by atoms with van der Waals surface area (Å²) in [5.74, 6) is -0.496. The van der Waals surface area contributed by atoms with Crippen molar-refractivity contribution in [1.29, 1.82) is 0 Å². The number of fused-ring (bicyclic) bond motifs is 1. The third-order valence-electron chi connectivity index (χ3n) is 6.36. The van der Waals surface area contributed by atoms with Crippen LogP contribution in [0.25, 0.3) is 17.2 Å². The van der Waals surface area contributed by atoms with E-state index >= 15 is 0 Å². The van der Waals surface area contributed by atoms with Crippen LogP contribution in [0.3, 0.4) is 0 Å². The summed E-state index contributed by atoms with van der Waals surface area (Å²) < 4.78 is 30.9. The van der Waals surface area contributed by atoms with E-state index in [0.717, 1.165) is 33.4 Å². The molecule has 2 N–H and O–H groups in total. The minimum Gasteiger partial charge on any atom is -0.493 e. The van der Waals surface area contributed by atoms with Gasteiger partial charge in [0.1, 0.15) is 5.82 Å². The van der Waals surface area contributed by atoms with Crippen molar-refractivity contribution in [3.05, 3.63) is 88.5 Å². The van der Waals surface area contributed by atoms with Crippen LogP contribution in [-0.2, 0) is 16.1 Å². The van der Waals surface area contributed by atoms with Crippen LogP contribution in [0.15, 0.2) is 60.4 Å². The fraction of sp³-hybridized carbons (Fsp3) is 0.233. The molecule has 0 aliphatic heterocycles. The zero-order valence-corrected chi connectivity index (χ0v) is 21.9. The van der Waals surface area contributed by atoms with Gasteiger partial charge in [-0.25, -0.2) is 4.39 Å². The number of carboxylic acids is 1. The smallest absolute Gasteiger partial charge is 0.306 e. The first kappa shape index (κ1) is 27.4. The number of halogens is 1. The molecule has 1 aliphatic carbocycles. The van der Waals surface area contributed by atoms with E-state index in [1.54, 1.807) is 36.7 Å². The highest BCUT2D eigenvalue weighted by atomic mass is 19.1. The van der Waals surface area contributed by atoms with Gasteiger partial charge in [-0.15, -0.1) is 0 Å². The van der Waals surface area contributed by atoms with E-state index in [1.807, 2.05) is 19.1 Å². The SMILES string of the molecule is COc1cc(/C=C2/C(C)=C(CC(=O)NCc3cccnc3)c3cc(F)ccc32)cc(OC)c1OCCC(=O)O. The first-order valence-electron chi connectivity index (χ1n) is 12.3. The van der Waals surface area contributed by atoms with Gasteiger partial charge < -0.3 is 24.6 Å². The van der Waals surface area contributed by atoms with Crippen LogP contribution in [-0.4, -0.2) is 42.8 Å². The molecule has 0 atom stereocenters. The highest BCUT2D eigenvalue weighted by molar-refractivity contribution is 6.08. The van der Waals surface area contributed by atoms with Crippen LogP contribution in [0.5, 0.6) is 17.2 Å². The minimum atomic E-state index is -0.977. The molecule has 1 aromatic heterocycles. The van der Waals surface area contributed by atoms with Gasteiger partial charge in [-0.2, -0.15) is 0 Å². The monoisotopic (exact) mass is 532 g/mol. The molecule has 0 saturated heterocycles. The first-order valence-corrected chi connectivity index (χ1v) is 12.3. The largest absolute Gasteiger partial charge is 0.493 e. The Morgan fingerprint density at radius 3 is 2.46 bits per heavy atom. The Morgan fingerprint density at radius 2 is 1.82 bits per heavy atom. The molecule has 0 spiro atoms. The average Bonchev–Trinajstić information content (AvgIpc) is 3.17. The molecule has 39 heavy (non-hydrogen) atoms. The Labute approximate surface area is 225 Å². The summed E-state index contributed by atoms with van der Waals surface area (Å²) in [6.07, 6.45) is 5.19. The van der Waals surface area contributed by atoms with E-state index in [1.165, 1.54) is 26.4 Å². The van der Waals surface area contributed by atoms with Crippen molar-refractivity contribution in [3.63, 3.8) is 0 Å². The molecule has 0 saturated carbocycles. The molecule has 1 amide bonds. The van der Waals surface area contributed by atoms with Crippen molar-refractivity contribution in [1.82, 2.24) is 10.3 Å². The Balaban J connectivity index is 1.66. The van der Waals surface area contributed by atoms with E-state index < -0.39 is 5.97 Å². The van der Waals surface area contributed by atoms with Crippen LogP contribution < -0.4 is 19.5 Å². The van der Waals surface area contributed by atoms with Crippen LogP contribution in [0.1, 0.15) is 42.0 Å². The summed E-state index contributed by atoms with van der Waals surface area (Å²) in [6.45, 7) is 2.21. The molecule has 2 aromatic carbocycles. The normalized spacial score (nSPS) is 13.3. The maximum absolute atomic E-state index is 14.3. The first-order chi connectivity index (χ1) is 18.8. The Hall–Kier alpha value is -4.66. The number of pyridine rings is 1. The summed E-state index contributed by atoms with van der Waals surface area (Å²) >= 11 is 0. The number of hydrogen-bond acceptors (Lipinski definition) is 6. The topological polar surface area (TPSA) is 107 Å². The lowest BCUT2D eigenvalue weighted by Crippen LogP contribution is -2.22. The minimum absolute atomic E-state index is 0.0461. The number of hydrogen-bond donors (Lipinski definition) is 2. The quantitative estimate of drug-likeness (QED) is 0.353. The highest BCUT2D eigenvalue weighted by Gasteiger charge is 2.26. The average molecular weight is 533 g/mol. The second kappa shape index (κ2) is 12.3. The van der Waals surface area contributed by atoms with E-state index in [2.05, 4.69) is 10.3 Å². The molecule has 1 aliphatic rings. The number of ether oxygens (including phenoxy) is 3. The third-order valence-corrected chi connectivity index (χ3v) is 6.36. The zero-order chi connectivity index (χ0) is 27.9. The lowest BCUT2D eigenvalue weighted by Gasteiger charge is -2.15. The lowest BCUT2D eigenvalue weighted by atomic mass is 10.00. The van der Waals surface area contributed by atoms with Gasteiger partial charge >= 0.3 is 5.97 Å². The third kappa shape index (κ3) is 6.43. The molecule has 8 nitrogen and oxygen atoms in total. The Morgan fingerprint density at radius 1 is 1.08 bits per heavy atom. The van der Waals surface area contributed by atoms with Gasteiger partial charge in [0, 0.05) is 18.9 Å². The Kier molecular flexibility index (Phi) is 8.60. The molecular formula is C30H29FN2O6. The number of carbonyl (C=O) groups is 2. The second-order valence-electron chi connectivity index (χ2n) is 8.91. The summed E-state index contributed by atoms with van der Waals surface area (Å²) in [4.78, 5) is 27.8. The van der Waals surface area contributed by atoms with E-state index in [-0.39, 0.29) is 31.2 Å². The number of benzene rings is 2. The molecule has 1 heterocycles. The van der Waals surface area contributed by atoms with Crippen LogP contribution in [0, 0.1) is 5.82 Å². The maximum Gasteiger partial charge on any atom is 0.306 e. The standard InChI is InChI=1S/C30H29FN2O6/c1-18-23(11-20-12-26(37-2)30(27(13-20)38-3)39-10-8-29(35)36)22-7-6-21(31)14-25(22)24(18)15-28(34)33-17-19-5-4-9-32-16-19/h4-7,9,11-14,16H,8,10,15,17H2,1-3H3,(H,33,34)(H,35,36)/b23-11-. The van der Waals surface area contributed by atoms with Crippen LogP contribution >= 0.6 is 0 Å². The van der Waals surface area contributed by atoms with Gasteiger partial charge in [0.05, 0.1) is 33.7 Å². The van der Waals surface area contributed by atoms with Crippen LogP contribution in [0.2, 0.25) is 0 Å². The number of nitrogens with zero attached hydrogens (tertiary/aromatic N) is 1. The number of carbonyl (C=O) groups excluding carboxylic acids is 1. The lowest BCUT2D eigenvalue weighted by molar-refractivity contribution is -0.137. The van der Waals surface area contributed by atoms with Crippen molar-refractivity contribution >= 4 is 29.1 Å². The van der Waals surface area contributed by atoms with Crippen molar-refractivity contribution in [2.75, 3.05) is 20.8 Å². The van der Waals surface area contributed by atoms with Crippen molar-refractivity contribution in [2.45, 2.75) is 26.3 Å².